The van der Waals surface area contributed by atoms with Crippen LogP contribution < -0.4 is 15.4 Å². The lowest BCUT2D eigenvalue weighted by atomic mass is 10.1. The van der Waals surface area contributed by atoms with E-state index in [1.165, 1.54) is 11.3 Å². The smallest absolute Gasteiger partial charge is 0.263 e. The number of carbonyl (C=O) groups excluding carboxylic acids is 1. The minimum atomic E-state index is -0.0450. The van der Waals surface area contributed by atoms with E-state index < -0.39 is 0 Å². The van der Waals surface area contributed by atoms with Crippen LogP contribution in [0.25, 0.3) is 0 Å². The first kappa shape index (κ1) is 17.2. The van der Waals surface area contributed by atoms with Crippen LogP contribution in [0.4, 0.5) is 0 Å². The molecule has 0 unspecified atom stereocenters. The van der Waals surface area contributed by atoms with E-state index >= 15 is 0 Å². The quantitative estimate of drug-likeness (QED) is 0.854. The van der Waals surface area contributed by atoms with Crippen molar-refractivity contribution in [3.05, 3.63) is 44.9 Å². The van der Waals surface area contributed by atoms with Gasteiger partial charge in [0.2, 0.25) is 0 Å². The summed E-state index contributed by atoms with van der Waals surface area (Å²) >= 11 is 7.24. The summed E-state index contributed by atoms with van der Waals surface area (Å²) in [6.07, 6.45) is 2.11. The molecular weight excluding hydrogens is 346 g/mol. The predicted octanol–water partition coefficient (Wildman–Crippen LogP) is 3.17. The molecule has 1 amide bonds. The number of hydrogen-bond acceptors (Lipinski definition) is 5. The third-order valence-corrected chi connectivity index (χ3v) is 5.24. The summed E-state index contributed by atoms with van der Waals surface area (Å²) in [5.41, 5.74) is 0.746. The molecule has 1 aromatic carbocycles. The number of hydrogen-bond donors (Lipinski definition) is 2. The fourth-order valence-electron chi connectivity index (χ4n) is 2.63. The van der Waals surface area contributed by atoms with Crippen molar-refractivity contribution in [2.75, 3.05) is 13.1 Å². The largest absolute Gasteiger partial charge is 0.486 e. The number of nitrogens with one attached hydrogen (secondary N) is 2. The number of nitrogens with zero attached hydrogens (tertiary/aromatic N) is 1. The molecule has 1 aliphatic heterocycles. The van der Waals surface area contributed by atoms with Crippen molar-refractivity contribution >= 4 is 28.8 Å². The van der Waals surface area contributed by atoms with Crippen LogP contribution in [-0.4, -0.2) is 30.0 Å². The van der Waals surface area contributed by atoms with E-state index in [1.54, 1.807) is 12.1 Å². The molecule has 1 aliphatic rings. The first-order valence-corrected chi connectivity index (χ1v) is 9.17. The monoisotopic (exact) mass is 365 g/mol. The van der Waals surface area contributed by atoms with Gasteiger partial charge in [-0.25, -0.2) is 4.98 Å². The Morgan fingerprint density at radius 2 is 2.25 bits per heavy atom. The molecule has 1 aromatic heterocycles. The molecule has 1 saturated heterocycles. The first-order valence-electron chi connectivity index (χ1n) is 7.98. The number of ether oxygens (including phenoxy) is 1. The number of amides is 1. The SMILES string of the molecule is Cc1nc(COc2ccc(Cl)cc2)sc1C(=O)N[C@H]1CCCNC1. The maximum Gasteiger partial charge on any atom is 0.263 e. The Labute approximate surface area is 150 Å². The van der Waals surface area contributed by atoms with Crippen molar-refractivity contribution < 1.29 is 9.53 Å². The molecule has 0 radical (unpaired) electrons. The van der Waals surface area contributed by atoms with E-state index in [4.69, 9.17) is 16.3 Å². The summed E-state index contributed by atoms with van der Waals surface area (Å²) in [5.74, 6) is 0.683. The topological polar surface area (TPSA) is 63.2 Å². The van der Waals surface area contributed by atoms with Crippen molar-refractivity contribution in [2.24, 2.45) is 0 Å². The number of benzene rings is 1. The Balaban J connectivity index is 1.59. The lowest BCUT2D eigenvalue weighted by Crippen LogP contribution is -2.45. The highest BCUT2D eigenvalue weighted by molar-refractivity contribution is 7.13. The number of aromatic nitrogens is 1. The van der Waals surface area contributed by atoms with Crippen molar-refractivity contribution in [1.82, 2.24) is 15.6 Å². The van der Waals surface area contributed by atoms with Gasteiger partial charge in [-0.1, -0.05) is 11.6 Å². The lowest BCUT2D eigenvalue weighted by Gasteiger charge is -2.23. The molecule has 3 rings (SSSR count). The molecule has 5 nitrogen and oxygen atoms in total. The molecule has 1 fully saturated rings. The molecule has 0 spiro atoms. The van der Waals surface area contributed by atoms with Crippen LogP contribution >= 0.6 is 22.9 Å². The molecular formula is C17H20ClN3O2S. The zero-order chi connectivity index (χ0) is 16.9. The standard InChI is InChI=1S/C17H20ClN3O2S/c1-11-16(17(22)21-13-3-2-8-19-9-13)24-15(20-11)10-23-14-6-4-12(18)5-7-14/h4-7,13,19H,2-3,8-10H2,1H3,(H,21,22)/t13-/m0/s1. The maximum absolute atomic E-state index is 12.4. The number of aryl methyl sites for hydroxylation is 1. The van der Waals surface area contributed by atoms with Gasteiger partial charge in [0, 0.05) is 17.6 Å². The van der Waals surface area contributed by atoms with Crippen LogP contribution in [0.5, 0.6) is 5.75 Å². The van der Waals surface area contributed by atoms with Gasteiger partial charge in [-0.3, -0.25) is 4.79 Å². The number of carbonyl (C=O) groups is 1. The van der Waals surface area contributed by atoms with Crippen LogP contribution in [0.2, 0.25) is 5.02 Å². The highest BCUT2D eigenvalue weighted by Gasteiger charge is 2.20. The second-order valence-electron chi connectivity index (χ2n) is 5.78. The van der Waals surface area contributed by atoms with Gasteiger partial charge in [0.1, 0.15) is 22.2 Å². The Kier molecular flexibility index (Phi) is 5.71. The molecule has 2 aromatic rings. The van der Waals surface area contributed by atoms with Crippen molar-refractivity contribution in [2.45, 2.75) is 32.4 Å². The highest BCUT2D eigenvalue weighted by atomic mass is 35.5. The summed E-state index contributed by atoms with van der Waals surface area (Å²) < 4.78 is 5.69. The van der Waals surface area contributed by atoms with Crippen LogP contribution in [0.15, 0.2) is 24.3 Å². The average Bonchev–Trinajstić information content (AvgIpc) is 2.96. The highest BCUT2D eigenvalue weighted by Crippen LogP contribution is 2.21. The molecule has 1 atom stereocenters. The third-order valence-electron chi connectivity index (χ3n) is 3.86. The molecule has 0 saturated carbocycles. The lowest BCUT2D eigenvalue weighted by molar-refractivity contribution is 0.0934. The summed E-state index contributed by atoms with van der Waals surface area (Å²) in [6, 6.07) is 7.38. The van der Waals surface area contributed by atoms with Crippen LogP contribution in [0, 0.1) is 6.92 Å². The van der Waals surface area contributed by atoms with Gasteiger partial charge in [0.15, 0.2) is 0 Å². The molecule has 0 aliphatic carbocycles. The van der Waals surface area contributed by atoms with Crippen molar-refractivity contribution in [1.29, 1.82) is 0 Å². The van der Waals surface area contributed by atoms with Gasteiger partial charge in [0.25, 0.3) is 5.91 Å². The van der Waals surface area contributed by atoms with E-state index in [1.807, 2.05) is 19.1 Å². The van der Waals surface area contributed by atoms with E-state index in [2.05, 4.69) is 15.6 Å². The van der Waals surface area contributed by atoms with Gasteiger partial charge in [-0.05, 0) is 50.6 Å². The fraction of sp³-hybridized carbons (Fsp3) is 0.412. The number of rotatable bonds is 5. The molecule has 128 valence electrons. The zero-order valence-electron chi connectivity index (χ0n) is 13.5. The Hall–Kier alpha value is -1.63. The first-order chi connectivity index (χ1) is 11.6. The van der Waals surface area contributed by atoms with Crippen molar-refractivity contribution in [3.63, 3.8) is 0 Å². The zero-order valence-corrected chi connectivity index (χ0v) is 15.0. The van der Waals surface area contributed by atoms with Crippen LogP contribution in [-0.2, 0) is 6.61 Å². The van der Waals surface area contributed by atoms with Gasteiger partial charge in [-0.2, -0.15) is 0 Å². The second-order valence-corrected chi connectivity index (χ2v) is 7.30. The van der Waals surface area contributed by atoms with Gasteiger partial charge in [-0.15, -0.1) is 11.3 Å². The van der Waals surface area contributed by atoms with Crippen molar-refractivity contribution in [3.8, 4) is 5.75 Å². The Morgan fingerprint density at radius 1 is 1.46 bits per heavy atom. The summed E-state index contributed by atoms with van der Waals surface area (Å²) in [4.78, 5) is 17.5. The fourth-order valence-corrected chi connectivity index (χ4v) is 3.63. The van der Waals surface area contributed by atoms with E-state index in [0.29, 0.717) is 16.5 Å². The molecule has 0 bridgehead atoms. The molecule has 2 N–H and O–H groups in total. The number of halogens is 1. The van der Waals surface area contributed by atoms with E-state index in [9.17, 15) is 4.79 Å². The number of piperidine rings is 1. The minimum Gasteiger partial charge on any atom is -0.486 e. The Morgan fingerprint density at radius 3 is 2.96 bits per heavy atom. The minimum absolute atomic E-state index is 0.0450. The van der Waals surface area contributed by atoms with Crippen LogP contribution in [0.1, 0.15) is 33.2 Å². The van der Waals surface area contributed by atoms with Gasteiger partial charge >= 0.3 is 0 Å². The maximum atomic E-state index is 12.4. The van der Waals surface area contributed by atoms with Gasteiger partial charge < -0.3 is 15.4 Å². The van der Waals surface area contributed by atoms with E-state index in [0.717, 1.165) is 42.4 Å². The third kappa shape index (κ3) is 4.47. The Bertz CT molecular complexity index is 696. The van der Waals surface area contributed by atoms with Crippen LogP contribution in [0.3, 0.4) is 0 Å². The summed E-state index contributed by atoms with van der Waals surface area (Å²) in [5, 5.41) is 7.84. The predicted molar refractivity (Wildman–Crippen MR) is 96.0 cm³/mol. The second kappa shape index (κ2) is 7.96. The number of thiazole rings is 1. The molecule has 24 heavy (non-hydrogen) atoms. The molecule has 7 heteroatoms. The average molecular weight is 366 g/mol. The normalized spacial score (nSPS) is 17.5. The summed E-state index contributed by atoms with van der Waals surface area (Å²) in [7, 11) is 0. The van der Waals surface area contributed by atoms with E-state index in [-0.39, 0.29) is 11.9 Å². The summed E-state index contributed by atoms with van der Waals surface area (Å²) in [6.45, 7) is 4.05. The van der Waals surface area contributed by atoms with Gasteiger partial charge in [0.05, 0.1) is 5.69 Å². The molecule has 2 heterocycles.